The van der Waals surface area contributed by atoms with Gasteiger partial charge in [-0.15, -0.1) is 0 Å². The molecule has 41 heavy (non-hydrogen) atoms. The predicted octanol–water partition coefficient (Wildman–Crippen LogP) is 4.76. The Balaban J connectivity index is 1.87. The number of carboxylic acids is 1. The standard InChI is InChI=1S/C30H31N2O5PS3/c1-3-25-26(34)32(28(25)40-30(37)41-39-20-19-31-21(2)33)27(29(35)36)38(22-13-7-4-8-14-22,23-15-9-5-10-16-23)24-17-11-6-12-18-24/h4-18,25,28H,3,19-20H2,1-2H3,(H,31,33)(H,35,36). The van der Waals surface area contributed by atoms with Gasteiger partial charge in [-0.3, -0.25) is 19.3 Å². The van der Waals surface area contributed by atoms with Crippen LogP contribution < -0.4 is 21.2 Å². The lowest BCUT2D eigenvalue weighted by atomic mass is 9.95. The zero-order valence-corrected chi connectivity index (χ0v) is 26.0. The molecule has 2 amide bonds. The molecular weight excluding hydrogens is 596 g/mol. The monoisotopic (exact) mass is 626 g/mol. The summed E-state index contributed by atoms with van der Waals surface area (Å²) in [5.41, 5.74) is 0.00408. The van der Waals surface area contributed by atoms with Crippen LogP contribution >= 0.6 is 40.2 Å². The summed E-state index contributed by atoms with van der Waals surface area (Å²) in [6, 6.07) is 28.5. The van der Waals surface area contributed by atoms with Crippen LogP contribution in [0.2, 0.25) is 0 Å². The first-order valence-corrected chi connectivity index (χ1v) is 18.0. The molecule has 2 unspecified atom stereocenters. The van der Waals surface area contributed by atoms with Crippen molar-refractivity contribution in [2.75, 3.05) is 12.3 Å². The number of nitrogens with zero attached hydrogens (tertiary/aromatic N) is 1. The Hall–Kier alpha value is -2.91. The van der Waals surface area contributed by atoms with Gasteiger partial charge in [-0.05, 0) is 44.9 Å². The molecule has 0 aromatic heterocycles. The Labute approximate surface area is 252 Å². The average molecular weight is 627 g/mol. The van der Waals surface area contributed by atoms with E-state index in [-0.39, 0.29) is 21.7 Å². The van der Waals surface area contributed by atoms with E-state index in [1.54, 1.807) is 0 Å². The van der Waals surface area contributed by atoms with E-state index in [9.17, 15) is 24.3 Å². The van der Waals surface area contributed by atoms with E-state index in [0.29, 0.717) is 18.7 Å². The number of thioether (sulfide) groups is 1. The second-order valence-corrected chi connectivity index (χ2v) is 16.2. The van der Waals surface area contributed by atoms with E-state index in [1.165, 1.54) is 22.6 Å². The van der Waals surface area contributed by atoms with E-state index in [1.807, 2.05) is 97.9 Å². The van der Waals surface area contributed by atoms with E-state index >= 15 is 0 Å². The average Bonchev–Trinajstić information content (AvgIpc) is 2.98. The summed E-state index contributed by atoms with van der Waals surface area (Å²) in [4.78, 5) is 52.7. The third-order valence-corrected chi connectivity index (χ3v) is 14.7. The number of hydrogen-bond acceptors (Lipinski definition) is 7. The smallest absolute Gasteiger partial charge is 0.353 e. The van der Waals surface area contributed by atoms with Gasteiger partial charge in [0.1, 0.15) is 10.8 Å². The fourth-order valence-corrected chi connectivity index (χ4v) is 12.7. The minimum Gasteiger partial charge on any atom is -0.477 e. The number of carbonyl (C=O) groups excluding carboxylic acids is 3. The maximum Gasteiger partial charge on any atom is 0.353 e. The van der Waals surface area contributed by atoms with Crippen molar-refractivity contribution >= 4 is 83.8 Å². The fraction of sp³-hybridized carbons (Fsp3) is 0.233. The zero-order valence-electron chi connectivity index (χ0n) is 22.6. The van der Waals surface area contributed by atoms with Gasteiger partial charge in [-0.2, -0.15) is 0 Å². The molecule has 3 aromatic rings. The number of rotatable bonds is 11. The third kappa shape index (κ3) is 6.61. The summed E-state index contributed by atoms with van der Waals surface area (Å²) in [6.45, 7) is 0.659. The predicted molar refractivity (Wildman–Crippen MR) is 174 cm³/mol. The molecule has 0 radical (unpaired) electrons. The highest BCUT2D eigenvalue weighted by atomic mass is 33.1. The van der Waals surface area contributed by atoms with E-state index in [0.717, 1.165) is 38.5 Å². The quantitative estimate of drug-likeness (QED) is 0.136. The normalized spacial score (nSPS) is 16.5. The Bertz CT molecular complexity index is 1350. The Morgan fingerprint density at radius 2 is 1.37 bits per heavy atom. The number of β-lactam (4-membered cyclic amide) rings is 1. The lowest BCUT2D eigenvalue weighted by Gasteiger charge is -2.48. The topological polar surface area (TPSA) is 104 Å². The highest BCUT2D eigenvalue weighted by Gasteiger charge is 2.53. The number of likely N-dealkylation sites (tertiary alicyclic amines) is 1. The first-order valence-electron chi connectivity index (χ1n) is 13.1. The van der Waals surface area contributed by atoms with Crippen LogP contribution in [0.25, 0.3) is 0 Å². The Kier molecular flexibility index (Phi) is 10.8. The molecule has 0 spiro atoms. The van der Waals surface area contributed by atoms with E-state index in [4.69, 9.17) is 0 Å². The number of aliphatic carboxylic acids is 1. The van der Waals surface area contributed by atoms with Crippen molar-refractivity contribution in [2.45, 2.75) is 25.6 Å². The molecule has 0 bridgehead atoms. The number of amides is 2. The number of hydrogen-bond donors (Lipinski definition) is 2. The molecular formula is C30H31N2O5PS3. The van der Waals surface area contributed by atoms with Crippen LogP contribution in [0.15, 0.2) is 91.0 Å². The van der Waals surface area contributed by atoms with Crippen LogP contribution in [-0.4, -0.2) is 55.3 Å². The molecule has 1 aliphatic rings. The second-order valence-electron chi connectivity index (χ2n) is 9.18. The van der Waals surface area contributed by atoms with Gasteiger partial charge in [0.2, 0.25) is 11.8 Å². The number of carbonyl (C=O) groups is 4. The molecule has 7 nitrogen and oxygen atoms in total. The molecule has 3 aromatic carbocycles. The summed E-state index contributed by atoms with van der Waals surface area (Å²) < 4.78 is -0.216. The van der Waals surface area contributed by atoms with Gasteiger partial charge in [0.15, 0.2) is 0 Å². The Morgan fingerprint density at radius 1 is 0.878 bits per heavy atom. The SMILES string of the molecule is CCC1C(=O)N(C(C(=O)O)=P(c2ccccc2)(c2ccccc2)c2ccccc2)C1SC(=O)SSCCNC(C)=O. The molecule has 0 saturated carbocycles. The van der Waals surface area contributed by atoms with Gasteiger partial charge >= 0.3 is 5.97 Å². The van der Waals surface area contributed by atoms with Crippen molar-refractivity contribution in [1.29, 1.82) is 0 Å². The lowest BCUT2D eigenvalue weighted by Crippen LogP contribution is -2.64. The van der Waals surface area contributed by atoms with Crippen molar-refractivity contribution in [3.05, 3.63) is 91.0 Å². The van der Waals surface area contributed by atoms with Gasteiger partial charge in [0, 0.05) is 26.1 Å². The van der Waals surface area contributed by atoms with Crippen molar-refractivity contribution in [1.82, 2.24) is 10.2 Å². The molecule has 11 heteroatoms. The van der Waals surface area contributed by atoms with Gasteiger partial charge in [-0.25, -0.2) is 4.79 Å². The first kappa shape index (κ1) is 31.0. The van der Waals surface area contributed by atoms with Crippen LogP contribution in [0, 0.1) is 5.92 Å². The molecule has 2 N–H and O–H groups in total. The maximum absolute atomic E-state index is 13.7. The molecule has 214 valence electrons. The van der Waals surface area contributed by atoms with E-state index < -0.39 is 24.1 Å². The molecule has 1 saturated heterocycles. The van der Waals surface area contributed by atoms with Crippen LogP contribution in [0.1, 0.15) is 20.3 Å². The third-order valence-electron chi connectivity index (χ3n) is 6.66. The van der Waals surface area contributed by atoms with Crippen LogP contribution in [0.4, 0.5) is 4.79 Å². The first-order chi connectivity index (χ1) is 19.8. The summed E-state index contributed by atoms with van der Waals surface area (Å²) in [7, 11) is 2.36. The molecule has 4 rings (SSSR count). The van der Waals surface area contributed by atoms with Crippen LogP contribution in [0.3, 0.4) is 0 Å². The van der Waals surface area contributed by atoms with Crippen molar-refractivity contribution in [2.24, 2.45) is 5.92 Å². The maximum atomic E-state index is 13.7. The minimum atomic E-state index is -3.09. The van der Waals surface area contributed by atoms with Gasteiger partial charge in [-0.1, -0.05) is 109 Å². The van der Waals surface area contributed by atoms with Crippen LogP contribution in [-0.2, 0) is 14.4 Å². The summed E-state index contributed by atoms with van der Waals surface area (Å²) in [5.74, 6) is -1.55. The Morgan fingerprint density at radius 3 is 1.78 bits per heavy atom. The largest absolute Gasteiger partial charge is 0.477 e. The summed E-state index contributed by atoms with van der Waals surface area (Å²) in [5, 5.41) is 15.4. The van der Waals surface area contributed by atoms with E-state index in [2.05, 4.69) is 5.32 Å². The molecule has 0 aliphatic carbocycles. The van der Waals surface area contributed by atoms with Gasteiger partial charge in [0.05, 0.1) is 5.92 Å². The molecule has 2 atom stereocenters. The highest BCUT2D eigenvalue weighted by Crippen LogP contribution is 2.51. The number of carboxylic acid groups (broad SMARTS) is 1. The molecule has 1 aliphatic heterocycles. The molecule has 1 fully saturated rings. The molecule has 1 heterocycles. The van der Waals surface area contributed by atoms with Crippen molar-refractivity contribution in [3.8, 4) is 0 Å². The minimum absolute atomic E-state index is 0.00408. The fourth-order valence-electron chi connectivity index (χ4n) is 4.91. The van der Waals surface area contributed by atoms with Crippen molar-refractivity contribution < 1.29 is 24.3 Å². The second kappa shape index (κ2) is 14.3. The zero-order chi connectivity index (χ0) is 29.4. The number of nitrogens with one attached hydrogen (secondary N) is 1. The van der Waals surface area contributed by atoms with Crippen LogP contribution in [0.5, 0.6) is 0 Å². The summed E-state index contributed by atoms with van der Waals surface area (Å²) >= 11 is 0.997. The highest BCUT2D eigenvalue weighted by molar-refractivity contribution is 8.86. The van der Waals surface area contributed by atoms with Gasteiger partial charge in [0.25, 0.3) is 4.45 Å². The van der Waals surface area contributed by atoms with Gasteiger partial charge < -0.3 is 10.4 Å². The number of benzene rings is 3. The lowest BCUT2D eigenvalue weighted by molar-refractivity contribution is -0.145. The van der Waals surface area contributed by atoms with Crippen molar-refractivity contribution in [3.63, 3.8) is 0 Å². The summed E-state index contributed by atoms with van der Waals surface area (Å²) in [6.07, 6.45) is 0.487.